The molecule has 4 rings (SSSR count). The number of H-pyrrole nitrogens is 1. The SMILES string of the molecule is CNCc1ccc(-c2cc(-c3cncc(-c4c[nH]c(=O)c(CO)c4)n3)on2)cc1. The molecule has 0 aliphatic carbocycles. The Morgan fingerprint density at radius 2 is 1.86 bits per heavy atom. The van der Waals surface area contributed by atoms with Crippen molar-refractivity contribution in [1.29, 1.82) is 0 Å². The van der Waals surface area contributed by atoms with Crippen molar-refractivity contribution in [3.05, 3.63) is 76.5 Å². The van der Waals surface area contributed by atoms with Crippen LogP contribution in [-0.4, -0.2) is 32.3 Å². The highest BCUT2D eigenvalue weighted by Gasteiger charge is 2.12. The van der Waals surface area contributed by atoms with E-state index in [0.29, 0.717) is 28.4 Å². The summed E-state index contributed by atoms with van der Waals surface area (Å²) in [7, 11) is 1.91. The number of hydrogen-bond donors (Lipinski definition) is 3. The molecule has 0 fully saturated rings. The lowest BCUT2D eigenvalue weighted by Gasteiger charge is -2.03. The van der Waals surface area contributed by atoms with Crippen molar-refractivity contribution >= 4 is 0 Å². The summed E-state index contributed by atoms with van der Waals surface area (Å²) in [5.41, 5.74) is 4.46. The molecule has 0 aliphatic rings. The Bertz CT molecular complexity index is 1180. The smallest absolute Gasteiger partial charge is 0.253 e. The zero-order chi connectivity index (χ0) is 20.2. The second-order valence-electron chi connectivity index (χ2n) is 6.49. The standard InChI is InChI=1S/C21H19N5O3/c1-22-8-13-2-4-14(5-3-13)17-7-20(29-26-17)19-11-23-10-18(25-19)15-6-16(12-27)21(28)24-9-15/h2-7,9-11,22,27H,8,12H2,1H3,(H,24,28). The predicted octanol–water partition coefficient (Wildman–Crippen LogP) is 2.37. The molecule has 0 unspecified atom stereocenters. The monoisotopic (exact) mass is 389 g/mol. The van der Waals surface area contributed by atoms with Gasteiger partial charge in [0.25, 0.3) is 5.56 Å². The van der Waals surface area contributed by atoms with E-state index in [0.717, 1.165) is 12.1 Å². The zero-order valence-corrected chi connectivity index (χ0v) is 15.7. The van der Waals surface area contributed by atoms with Crippen molar-refractivity contribution in [3.8, 4) is 34.0 Å². The molecule has 8 nitrogen and oxygen atoms in total. The first-order chi connectivity index (χ1) is 14.2. The molecule has 3 N–H and O–H groups in total. The summed E-state index contributed by atoms with van der Waals surface area (Å²) in [6, 6.07) is 11.5. The molecule has 4 aromatic rings. The topological polar surface area (TPSA) is 117 Å². The normalized spacial score (nSPS) is 11.0. The van der Waals surface area contributed by atoms with Crippen LogP contribution in [0.5, 0.6) is 0 Å². The molecule has 3 heterocycles. The molecule has 146 valence electrons. The summed E-state index contributed by atoms with van der Waals surface area (Å²) in [6.45, 7) is 0.449. The van der Waals surface area contributed by atoms with Crippen molar-refractivity contribution in [2.45, 2.75) is 13.2 Å². The van der Waals surface area contributed by atoms with Gasteiger partial charge in [0, 0.05) is 35.5 Å². The van der Waals surface area contributed by atoms with E-state index in [1.807, 2.05) is 37.4 Å². The summed E-state index contributed by atoms with van der Waals surface area (Å²) in [5, 5.41) is 16.6. The number of benzene rings is 1. The van der Waals surface area contributed by atoms with Crippen LogP contribution in [0.4, 0.5) is 0 Å². The molecular formula is C21H19N5O3. The van der Waals surface area contributed by atoms with Crippen molar-refractivity contribution in [2.24, 2.45) is 0 Å². The lowest BCUT2D eigenvalue weighted by molar-refractivity contribution is 0.280. The number of hydrogen-bond acceptors (Lipinski definition) is 7. The number of rotatable bonds is 6. The van der Waals surface area contributed by atoms with E-state index < -0.39 is 0 Å². The first-order valence-electron chi connectivity index (χ1n) is 9.04. The van der Waals surface area contributed by atoms with Crippen molar-refractivity contribution < 1.29 is 9.63 Å². The van der Waals surface area contributed by atoms with Gasteiger partial charge in [-0.3, -0.25) is 9.78 Å². The highest BCUT2D eigenvalue weighted by atomic mass is 16.5. The van der Waals surface area contributed by atoms with Crippen LogP contribution in [0, 0.1) is 0 Å². The maximum atomic E-state index is 11.6. The summed E-state index contributed by atoms with van der Waals surface area (Å²) in [5.74, 6) is 0.487. The van der Waals surface area contributed by atoms with Crippen LogP contribution in [0.1, 0.15) is 11.1 Å². The van der Waals surface area contributed by atoms with E-state index in [9.17, 15) is 9.90 Å². The Morgan fingerprint density at radius 1 is 1.07 bits per heavy atom. The van der Waals surface area contributed by atoms with Gasteiger partial charge in [0.2, 0.25) is 0 Å². The van der Waals surface area contributed by atoms with E-state index in [1.54, 1.807) is 18.5 Å². The molecule has 0 bridgehead atoms. The van der Waals surface area contributed by atoms with Crippen LogP contribution in [0.3, 0.4) is 0 Å². The summed E-state index contributed by atoms with van der Waals surface area (Å²) < 4.78 is 5.48. The number of aromatic nitrogens is 4. The maximum Gasteiger partial charge on any atom is 0.253 e. The maximum absolute atomic E-state index is 11.6. The molecule has 8 heteroatoms. The molecule has 3 aromatic heterocycles. The van der Waals surface area contributed by atoms with Gasteiger partial charge in [-0.05, 0) is 18.7 Å². The van der Waals surface area contributed by atoms with Crippen LogP contribution in [-0.2, 0) is 13.2 Å². The second kappa shape index (κ2) is 8.17. The highest BCUT2D eigenvalue weighted by molar-refractivity contribution is 5.67. The van der Waals surface area contributed by atoms with Gasteiger partial charge in [-0.25, -0.2) is 4.98 Å². The average Bonchev–Trinajstić information content (AvgIpc) is 3.25. The predicted molar refractivity (Wildman–Crippen MR) is 108 cm³/mol. The molecular weight excluding hydrogens is 370 g/mol. The Labute approximate surface area is 166 Å². The van der Waals surface area contributed by atoms with Crippen molar-refractivity contribution in [3.63, 3.8) is 0 Å². The number of aliphatic hydroxyl groups is 1. The lowest BCUT2D eigenvalue weighted by Crippen LogP contribution is -2.11. The Balaban J connectivity index is 1.63. The van der Waals surface area contributed by atoms with E-state index in [1.165, 1.54) is 11.8 Å². The first kappa shape index (κ1) is 18.7. The summed E-state index contributed by atoms with van der Waals surface area (Å²) in [4.78, 5) is 23.0. The van der Waals surface area contributed by atoms with Crippen LogP contribution in [0.25, 0.3) is 34.0 Å². The van der Waals surface area contributed by atoms with Gasteiger partial charge in [-0.1, -0.05) is 29.4 Å². The van der Waals surface area contributed by atoms with E-state index in [4.69, 9.17) is 4.52 Å². The lowest BCUT2D eigenvalue weighted by atomic mass is 10.1. The van der Waals surface area contributed by atoms with Gasteiger partial charge in [-0.2, -0.15) is 0 Å². The number of aromatic amines is 1. The van der Waals surface area contributed by atoms with Crippen LogP contribution < -0.4 is 10.9 Å². The van der Waals surface area contributed by atoms with E-state index in [2.05, 4.69) is 25.4 Å². The van der Waals surface area contributed by atoms with Crippen LogP contribution in [0.2, 0.25) is 0 Å². The Morgan fingerprint density at radius 3 is 2.62 bits per heavy atom. The molecule has 0 saturated carbocycles. The molecule has 0 saturated heterocycles. The van der Waals surface area contributed by atoms with Crippen molar-refractivity contribution in [1.82, 2.24) is 25.4 Å². The zero-order valence-electron chi connectivity index (χ0n) is 15.7. The van der Waals surface area contributed by atoms with Gasteiger partial charge < -0.3 is 19.9 Å². The minimum Gasteiger partial charge on any atom is -0.391 e. The van der Waals surface area contributed by atoms with Gasteiger partial charge in [0.15, 0.2) is 5.76 Å². The number of aliphatic hydroxyl groups excluding tert-OH is 1. The van der Waals surface area contributed by atoms with E-state index in [-0.39, 0.29) is 17.7 Å². The average molecular weight is 389 g/mol. The summed E-state index contributed by atoms with van der Waals surface area (Å²) in [6.07, 6.45) is 4.70. The van der Waals surface area contributed by atoms with Crippen molar-refractivity contribution in [2.75, 3.05) is 7.05 Å². The third-order valence-corrected chi connectivity index (χ3v) is 4.47. The first-order valence-corrected chi connectivity index (χ1v) is 9.04. The third-order valence-electron chi connectivity index (χ3n) is 4.47. The quantitative estimate of drug-likeness (QED) is 0.463. The van der Waals surface area contributed by atoms with Crippen LogP contribution in [0.15, 0.2) is 64.3 Å². The fourth-order valence-corrected chi connectivity index (χ4v) is 2.95. The number of nitrogens with zero attached hydrogens (tertiary/aromatic N) is 3. The van der Waals surface area contributed by atoms with Gasteiger partial charge in [0.05, 0.1) is 24.7 Å². The fraction of sp³-hybridized carbons (Fsp3) is 0.143. The molecule has 1 aromatic carbocycles. The minimum atomic E-state index is -0.352. The molecule has 0 atom stereocenters. The molecule has 0 spiro atoms. The van der Waals surface area contributed by atoms with Gasteiger partial charge in [-0.15, -0.1) is 0 Å². The molecule has 29 heavy (non-hydrogen) atoms. The Hall–Kier alpha value is -3.62. The summed E-state index contributed by atoms with van der Waals surface area (Å²) >= 11 is 0. The molecule has 0 aliphatic heterocycles. The van der Waals surface area contributed by atoms with Crippen LogP contribution >= 0.6 is 0 Å². The third kappa shape index (κ3) is 3.98. The largest absolute Gasteiger partial charge is 0.391 e. The number of nitrogens with one attached hydrogen (secondary N) is 2. The minimum absolute atomic E-state index is 0.262. The van der Waals surface area contributed by atoms with Gasteiger partial charge in [0.1, 0.15) is 11.4 Å². The molecule has 0 radical (unpaired) electrons. The highest BCUT2D eigenvalue weighted by Crippen LogP contribution is 2.26. The Kier molecular flexibility index (Phi) is 5.28. The fourth-order valence-electron chi connectivity index (χ4n) is 2.95. The number of pyridine rings is 1. The molecule has 0 amide bonds. The second-order valence-corrected chi connectivity index (χ2v) is 6.49. The van der Waals surface area contributed by atoms with E-state index >= 15 is 0 Å². The van der Waals surface area contributed by atoms with Gasteiger partial charge >= 0.3 is 0 Å².